The van der Waals surface area contributed by atoms with Gasteiger partial charge in [-0.1, -0.05) is 29.8 Å². The quantitative estimate of drug-likeness (QED) is 0.806. The first-order valence-corrected chi connectivity index (χ1v) is 4.92. The van der Waals surface area contributed by atoms with Crippen molar-refractivity contribution in [2.75, 3.05) is 0 Å². The Labute approximate surface area is 89.2 Å². The molecule has 0 spiro atoms. The molecule has 0 radical (unpaired) electrons. The van der Waals surface area contributed by atoms with E-state index in [9.17, 15) is 0 Å². The SMILES string of the molecule is Cc1ccc(-c2cc(CO)ccn2)cc1. The van der Waals surface area contributed by atoms with E-state index < -0.39 is 0 Å². The third-order valence-corrected chi connectivity index (χ3v) is 2.35. The molecule has 0 amide bonds. The molecule has 0 fully saturated rings. The van der Waals surface area contributed by atoms with Crippen LogP contribution in [0.4, 0.5) is 0 Å². The van der Waals surface area contributed by atoms with Gasteiger partial charge in [0.25, 0.3) is 0 Å². The lowest BCUT2D eigenvalue weighted by Gasteiger charge is -2.03. The summed E-state index contributed by atoms with van der Waals surface area (Å²) in [6.07, 6.45) is 1.72. The van der Waals surface area contributed by atoms with E-state index in [0.717, 1.165) is 16.8 Å². The molecule has 0 aliphatic rings. The molecule has 1 aromatic carbocycles. The van der Waals surface area contributed by atoms with E-state index in [1.807, 2.05) is 24.3 Å². The second-order valence-electron chi connectivity index (χ2n) is 3.57. The van der Waals surface area contributed by atoms with Crippen molar-refractivity contribution >= 4 is 0 Å². The van der Waals surface area contributed by atoms with Crippen LogP contribution in [0.2, 0.25) is 0 Å². The molecule has 15 heavy (non-hydrogen) atoms. The molecular formula is C13H13NO. The molecule has 1 aromatic heterocycles. The van der Waals surface area contributed by atoms with Crippen LogP contribution in [0.3, 0.4) is 0 Å². The highest BCUT2D eigenvalue weighted by Gasteiger charge is 1.99. The van der Waals surface area contributed by atoms with Crippen LogP contribution in [0.1, 0.15) is 11.1 Å². The third kappa shape index (κ3) is 2.22. The molecular weight excluding hydrogens is 186 g/mol. The van der Waals surface area contributed by atoms with Gasteiger partial charge in [-0.05, 0) is 24.6 Å². The first-order chi connectivity index (χ1) is 7.29. The average Bonchev–Trinajstić information content (AvgIpc) is 2.30. The molecule has 0 unspecified atom stereocenters. The molecule has 0 saturated heterocycles. The van der Waals surface area contributed by atoms with Crippen molar-refractivity contribution in [3.05, 3.63) is 53.7 Å². The van der Waals surface area contributed by atoms with Crippen molar-refractivity contribution in [1.82, 2.24) is 4.98 Å². The summed E-state index contributed by atoms with van der Waals surface area (Å²) in [5.74, 6) is 0. The second-order valence-corrected chi connectivity index (χ2v) is 3.57. The number of aryl methyl sites for hydroxylation is 1. The summed E-state index contributed by atoms with van der Waals surface area (Å²) < 4.78 is 0. The Kier molecular flexibility index (Phi) is 2.79. The van der Waals surface area contributed by atoms with E-state index in [-0.39, 0.29) is 6.61 Å². The van der Waals surface area contributed by atoms with E-state index in [1.54, 1.807) is 6.20 Å². The minimum absolute atomic E-state index is 0.0569. The van der Waals surface area contributed by atoms with Crippen molar-refractivity contribution in [3.8, 4) is 11.3 Å². The van der Waals surface area contributed by atoms with Crippen LogP contribution in [0.25, 0.3) is 11.3 Å². The Hall–Kier alpha value is -1.67. The number of hydrogen-bond acceptors (Lipinski definition) is 2. The number of rotatable bonds is 2. The maximum atomic E-state index is 9.03. The van der Waals surface area contributed by atoms with E-state index in [2.05, 4.69) is 24.0 Å². The van der Waals surface area contributed by atoms with Crippen molar-refractivity contribution in [1.29, 1.82) is 0 Å². The molecule has 2 aromatic rings. The van der Waals surface area contributed by atoms with E-state index in [0.29, 0.717) is 0 Å². The van der Waals surface area contributed by atoms with Gasteiger partial charge in [-0.2, -0.15) is 0 Å². The van der Waals surface area contributed by atoms with Crippen molar-refractivity contribution in [2.45, 2.75) is 13.5 Å². The molecule has 0 saturated carbocycles. The predicted octanol–water partition coefficient (Wildman–Crippen LogP) is 2.55. The minimum atomic E-state index is 0.0569. The van der Waals surface area contributed by atoms with Crippen LogP contribution in [0, 0.1) is 6.92 Å². The third-order valence-electron chi connectivity index (χ3n) is 2.35. The normalized spacial score (nSPS) is 10.3. The maximum absolute atomic E-state index is 9.03. The predicted molar refractivity (Wildman–Crippen MR) is 60.3 cm³/mol. The lowest BCUT2D eigenvalue weighted by atomic mass is 10.1. The lowest BCUT2D eigenvalue weighted by Crippen LogP contribution is -1.88. The van der Waals surface area contributed by atoms with Gasteiger partial charge in [0, 0.05) is 11.8 Å². The summed E-state index contributed by atoms with van der Waals surface area (Å²) in [5.41, 5.74) is 4.11. The number of aromatic nitrogens is 1. The fourth-order valence-corrected chi connectivity index (χ4v) is 1.45. The van der Waals surface area contributed by atoms with Crippen LogP contribution in [-0.2, 0) is 6.61 Å². The summed E-state index contributed by atoms with van der Waals surface area (Å²) >= 11 is 0. The standard InChI is InChI=1S/C13H13NO/c1-10-2-4-12(5-3-10)13-8-11(9-15)6-7-14-13/h2-8,15H,9H2,1H3. The summed E-state index contributed by atoms with van der Waals surface area (Å²) in [6.45, 7) is 2.11. The number of hydrogen-bond donors (Lipinski definition) is 1. The minimum Gasteiger partial charge on any atom is -0.392 e. The lowest BCUT2D eigenvalue weighted by molar-refractivity contribution is 0.282. The Morgan fingerprint density at radius 3 is 2.53 bits per heavy atom. The molecule has 76 valence electrons. The maximum Gasteiger partial charge on any atom is 0.0705 e. The number of nitrogens with zero attached hydrogens (tertiary/aromatic N) is 1. The van der Waals surface area contributed by atoms with Gasteiger partial charge in [0.05, 0.1) is 12.3 Å². The van der Waals surface area contributed by atoms with Crippen molar-refractivity contribution in [3.63, 3.8) is 0 Å². The molecule has 1 N–H and O–H groups in total. The molecule has 2 heteroatoms. The molecule has 2 nitrogen and oxygen atoms in total. The van der Waals surface area contributed by atoms with Gasteiger partial charge in [0.2, 0.25) is 0 Å². The van der Waals surface area contributed by atoms with Crippen LogP contribution in [0.15, 0.2) is 42.6 Å². The average molecular weight is 199 g/mol. The van der Waals surface area contributed by atoms with Gasteiger partial charge >= 0.3 is 0 Å². The van der Waals surface area contributed by atoms with Gasteiger partial charge in [-0.25, -0.2) is 0 Å². The highest BCUT2D eigenvalue weighted by molar-refractivity contribution is 5.59. The fourth-order valence-electron chi connectivity index (χ4n) is 1.45. The number of aliphatic hydroxyl groups is 1. The summed E-state index contributed by atoms with van der Waals surface area (Å²) in [5, 5.41) is 9.03. The Bertz CT molecular complexity index is 448. The fraction of sp³-hybridized carbons (Fsp3) is 0.154. The van der Waals surface area contributed by atoms with Gasteiger partial charge in [0.1, 0.15) is 0 Å². The Morgan fingerprint density at radius 2 is 1.87 bits per heavy atom. The highest BCUT2D eigenvalue weighted by Crippen LogP contribution is 2.18. The molecule has 2 rings (SSSR count). The van der Waals surface area contributed by atoms with Crippen molar-refractivity contribution in [2.24, 2.45) is 0 Å². The van der Waals surface area contributed by atoms with Crippen molar-refractivity contribution < 1.29 is 5.11 Å². The first-order valence-electron chi connectivity index (χ1n) is 4.92. The topological polar surface area (TPSA) is 33.1 Å². The molecule has 0 aliphatic heterocycles. The zero-order valence-corrected chi connectivity index (χ0v) is 8.64. The number of benzene rings is 1. The summed E-state index contributed by atoms with van der Waals surface area (Å²) in [7, 11) is 0. The molecule has 1 heterocycles. The van der Waals surface area contributed by atoms with Crippen LogP contribution >= 0.6 is 0 Å². The number of pyridine rings is 1. The summed E-state index contributed by atoms with van der Waals surface area (Å²) in [4.78, 5) is 4.28. The molecule has 0 bridgehead atoms. The first kappa shape index (κ1) is 9.87. The number of aliphatic hydroxyl groups excluding tert-OH is 1. The molecule has 0 aliphatic carbocycles. The van der Waals surface area contributed by atoms with E-state index in [1.165, 1.54) is 5.56 Å². The smallest absolute Gasteiger partial charge is 0.0705 e. The zero-order chi connectivity index (χ0) is 10.7. The zero-order valence-electron chi connectivity index (χ0n) is 8.64. The van der Waals surface area contributed by atoms with Crippen LogP contribution < -0.4 is 0 Å². The molecule has 0 atom stereocenters. The monoisotopic (exact) mass is 199 g/mol. The largest absolute Gasteiger partial charge is 0.392 e. The van der Waals surface area contributed by atoms with E-state index in [4.69, 9.17) is 5.11 Å². The van der Waals surface area contributed by atoms with Gasteiger partial charge < -0.3 is 5.11 Å². The Balaban J connectivity index is 2.40. The highest BCUT2D eigenvalue weighted by atomic mass is 16.3. The Morgan fingerprint density at radius 1 is 1.13 bits per heavy atom. The second kappa shape index (κ2) is 4.24. The van der Waals surface area contributed by atoms with Gasteiger partial charge in [-0.3, -0.25) is 4.98 Å². The van der Waals surface area contributed by atoms with Crippen LogP contribution in [0.5, 0.6) is 0 Å². The van der Waals surface area contributed by atoms with Gasteiger partial charge in [-0.15, -0.1) is 0 Å². The van der Waals surface area contributed by atoms with E-state index >= 15 is 0 Å². The van der Waals surface area contributed by atoms with Crippen LogP contribution in [-0.4, -0.2) is 10.1 Å². The van der Waals surface area contributed by atoms with Gasteiger partial charge in [0.15, 0.2) is 0 Å². The summed E-state index contributed by atoms with van der Waals surface area (Å²) in [6, 6.07) is 11.9.